The predicted octanol–water partition coefficient (Wildman–Crippen LogP) is 2.81. The van der Waals surface area contributed by atoms with Crippen molar-refractivity contribution in [3.8, 4) is 22.8 Å². The molecular weight excluding hydrogens is 402 g/mol. The second kappa shape index (κ2) is 8.79. The molecule has 0 bridgehead atoms. The highest BCUT2D eigenvalue weighted by molar-refractivity contribution is 5.91. The minimum atomic E-state index is -1.08. The fourth-order valence-corrected chi connectivity index (χ4v) is 3.83. The summed E-state index contributed by atoms with van der Waals surface area (Å²) in [6.07, 6.45) is 0. The highest BCUT2D eigenvalue weighted by Gasteiger charge is 2.36. The molecule has 162 valence electrons. The summed E-state index contributed by atoms with van der Waals surface area (Å²) in [5.41, 5.74) is 0.146. The number of benzene rings is 2. The molecule has 1 saturated heterocycles. The van der Waals surface area contributed by atoms with Crippen LogP contribution >= 0.6 is 0 Å². The third kappa shape index (κ3) is 3.99. The average molecular weight is 425 g/mol. The van der Waals surface area contributed by atoms with Crippen molar-refractivity contribution in [2.24, 2.45) is 0 Å². The first kappa shape index (κ1) is 20.9. The van der Waals surface area contributed by atoms with Gasteiger partial charge in [-0.2, -0.15) is 0 Å². The number of esters is 1. The molecule has 0 amide bonds. The minimum absolute atomic E-state index is 0.0229. The Labute approximate surface area is 178 Å². The lowest BCUT2D eigenvalue weighted by atomic mass is 9.99. The van der Waals surface area contributed by atoms with E-state index in [1.54, 1.807) is 24.0 Å². The molecule has 3 aromatic rings. The Kier molecular flexibility index (Phi) is 5.92. The van der Waals surface area contributed by atoms with Crippen molar-refractivity contribution in [1.29, 1.82) is 0 Å². The lowest BCUT2D eigenvalue weighted by molar-refractivity contribution is -0.151. The molecule has 0 aliphatic carbocycles. The molecule has 31 heavy (non-hydrogen) atoms. The van der Waals surface area contributed by atoms with Gasteiger partial charge in [-0.1, -0.05) is 30.3 Å². The number of carbonyl (C=O) groups is 1. The molecule has 2 heterocycles. The lowest BCUT2D eigenvalue weighted by Gasteiger charge is -2.33. The summed E-state index contributed by atoms with van der Waals surface area (Å²) in [5.74, 6) is -1.17. The van der Waals surface area contributed by atoms with Gasteiger partial charge in [0.25, 0.3) is 0 Å². The van der Waals surface area contributed by atoms with Crippen LogP contribution in [0.15, 0.2) is 51.7 Å². The molecule has 1 fully saturated rings. The zero-order valence-corrected chi connectivity index (χ0v) is 17.0. The van der Waals surface area contributed by atoms with Crippen LogP contribution in [0.1, 0.15) is 18.5 Å². The smallest absolute Gasteiger partial charge is 0.328 e. The molecule has 1 atom stereocenters. The summed E-state index contributed by atoms with van der Waals surface area (Å²) in [6.45, 7) is 3.41. The first-order valence-electron chi connectivity index (χ1n) is 10.1. The van der Waals surface area contributed by atoms with Crippen molar-refractivity contribution in [1.82, 2.24) is 4.90 Å². The van der Waals surface area contributed by atoms with Gasteiger partial charge in [0, 0.05) is 30.8 Å². The van der Waals surface area contributed by atoms with Gasteiger partial charge in [0.2, 0.25) is 0 Å². The van der Waals surface area contributed by atoms with E-state index in [4.69, 9.17) is 13.9 Å². The lowest BCUT2D eigenvalue weighted by Crippen LogP contribution is -2.42. The van der Waals surface area contributed by atoms with E-state index in [2.05, 4.69) is 0 Å². The van der Waals surface area contributed by atoms with Crippen LogP contribution in [-0.4, -0.2) is 54.0 Å². The third-order valence-electron chi connectivity index (χ3n) is 5.26. The molecule has 1 aromatic heterocycles. The maximum Gasteiger partial charge on any atom is 0.328 e. The van der Waals surface area contributed by atoms with E-state index >= 15 is 0 Å². The maximum atomic E-state index is 12.9. The Morgan fingerprint density at radius 2 is 1.87 bits per heavy atom. The van der Waals surface area contributed by atoms with Gasteiger partial charge in [0.05, 0.1) is 25.4 Å². The monoisotopic (exact) mass is 425 g/mol. The maximum absolute atomic E-state index is 12.9. The van der Waals surface area contributed by atoms with E-state index in [1.165, 1.54) is 12.1 Å². The molecule has 1 unspecified atom stereocenters. The molecule has 0 spiro atoms. The van der Waals surface area contributed by atoms with E-state index < -0.39 is 23.2 Å². The fourth-order valence-electron chi connectivity index (χ4n) is 3.83. The van der Waals surface area contributed by atoms with E-state index in [0.717, 1.165) is 0 Å². The van der Waals surface area contributed by atoms with Crippen LogP contribution in [0.3, 0.4) is 0 Å². The van der Waals surface area contributed by atoms with Crippen molar-refractivity contribution < 1.29 is 28.9 Å². The largest absolute Gasteiger partial charge is 0.507 e. The summed E-state index contributed by atoms with van der Waals surface area (Å²) in [7, 11) is 0. The molecule has 2 aromatic carbocycles. The molecule has 2 N–H and O–H groups in total. The second-order valence-corrected chi connectivity index (χ2v) is 7.17. The molecular formula is C23H23NO7. The molecule has 1 aliphatic rings. The topological polar surface area (TPSA) is 109 Å². The first-order valence-corrected chi connectivity index (χ1v) is 10.1. The summed E-state index contributed by atoms with van der Waals surface area (Å²) >= 11 is 0. The Bertz CT molecular complexity index is 1150. The predicted molar refractivity (Wildman–Crippen MR) is 113 cm³/mol. The Morgan fingerprint density at radius 1 is 1.16 bits per heavy atom. The number of fused-ring (bicyclic) bond motifs is 1. The van der Waals surface area contributed by atoms with Crippen LogP contribution in [0.5, 0.6) is 11.5 Å². The van der Waals surface area contributed by atoms with Crippen molar-refractivity contribution in [3.05, 3.63) is 58.3 Å². The van der Waals surface area contributed by atoms with Gasteiger partial charge in [-0.05, 0) is 6.92 Å². The normalized spacial score (nSPS) is 15.6. The van der Waals surface area contributed by atoms with Crippen molar-refractivity contribution in [2.75, 3.05) is 32.9 Å². The van der Waals surface area contributed by atoms with Gasteiger partial charge < -0.3 is 24.1 Å². The average Bonchev–Trinajstić information content (AvgIpc) is 2.77. The van der Waals surface area contributed by atoms with Crippen molar-refractivity contribution >= 4 is 16.9 Å². The second-order valence-electron chi connectivity index (χ2n) is 7.17. The summed E-state index contributed by atoms with van der Waals surface area (Å²) in [4.78, 5) is 27.4. The van der Waals surface area contributed by atoms with Crippen LogP contribution in [0.25, 0.3) is 22.3 Å². The van der Waals surface area contributed by atoms with Crippen LogP contribution in [-0.2, 0) is 14.3 Å². The Balaban J connectivity index is 1.88. The van der Waals surface area contributed by atoms with Gasteiger partial charge in [0.1, 0.15) is 34.3 Å². The summed E-state index contributed by atoms with van der Waals surface area (Å²) in [6, 6.07) is 10.5. The van der Waals surface area contributed by atoms with Crippen LogP contribution < -0.4 is 5.43 Å². The first-order chi connectivity index (χ1) is 15.0. The Hall–Kier alpha value is -3.36. The highest BCUT2D eigenvalue weighted by atomic mass is 16.5. The molecule has 0 radical (unpaired) electrons. The number of phenols is 2. The van der Waals surface area contributed by atoms with E-state index in [-0.39, 0.29) is 28.9 Å². The molecule has 1 aliphatic heterocycles. The third-order valence-corrected chi connectivity index (χ3v) is 5.26. The zero-order chi connectivity index (χ0) is 22.0. The SMILES string of the molecule is CCOC(=O)C(c1c(O)cc2oc(-c3ccccc3)cc(=O)c2c1O)N1CCOCC1. The number of nitrogens with zero attached hydrogens (tertiary/aromatic N) is 1. The standard InChI is InChI=1S/C23H23NO7/c1-2-30-23(28)21(24-8-10-29-11-9-24)20-16(26)13-18-19(22(20)27)15(25)12-17(31-18)14-6-4-3-5-7-14/h3-7,12-13,21,26-27H,2,8-11H2,1H3. The number of hydrogen-bond donors (Lipinski definition) is 2. The van der Waals surface area contributed by atoms with E-state index in [0.29, 0.717) is 37.6 Å². The Morgan fingerprint density at radius 3 is 2.55 bits per heavy atom. The van der Waals surface area contributed by atoms with Crippen molar-refractivity contribution in [2.45, 2.75) is 13.0 Å². The van der Waals surface area contributed by atoms with Gasteiger partial charge in [-0.3, -0.25) is 9.69 Å². The van der Waals surface area contributed by atoms with Crippen LogP contribution in [0.4, 0.5) is 0 Å². The van der Waals surface area contributed by atoms with Crippen LogP contribution in [0, 0.1) is 0 Å². The number of hydrogen-bond acceptors (Lipinski definition) is 8. The zero-order valence-electron chi connectivity index (χ0n) is 17.0. The fraction of sp³-hybridized carbons (Fsp3) is 0.304. The molecule has 8 heteroatoms. The van der Waals surface area contributed by atoms with Crippen molar-refractivity contribution in [3.63, 3.8) is 0 Å². The number of phenolic OH excluding ortho intramolecular Hbond substituents is 2. The van der Waals surface area contributed by atoms with Gasteiger partial charge in [0.15, 0.2) is 5.43 Å². The van der Waals surface area contributed by atoms with Gasteiger partial charge >= 0.3 is 5.97 Å². The summed E-state index contributed by atoms with van der Waals surface area (Å²) < 4.78 is 16.4. The number of ether oxygens (including phenoxy) is 2. The highest BCUT2D eigenvalue weighted by Crippen LogP contribution is 2.42. The van der Waals surface area contributed by atoms with E-state index in [1.807, 2.05) is 18.2 Å². The quantitative estimate of drug-likeness (QED) is 0.601. The van der Waals surface area contributed by atoms with E-state index in [9.17, 15) is 19.8 Å². The van der Waals surface area contributed by atoms with Gasteiger partial charge in [-0.15, -0.1) is 0 Å². The van der Waals surface area contributed by atoms with Gasteiger partial charge in [-0.25, -0.2) is 4.79 Å². The molecule has 0 saturated carbocycles. The number of morpholine rings is 1. The number of carbonyl (C=O) groups excluding carboxylic acids is 1. The van der Waals surface area contributed by atoms with Crippen LogP contribution in [0.2, 0.25) is 0 Å². The number of rotatable bonds is 5. The number of aromatic hydroxyl groups is 2. The summed E-state index contributed by atoms with van der Waals surface area (Å²) in [5, 5.41) is 21.7. The minimum Gasteiger partial charge on any atom is -0.507 e. The molecule has 8 nitrogen and oxygen atoms in total. The molecule has 4 rings (SSSR count).